The van der Waals surface area contributed by atoms with Crippen LogP contribution in [0.2, 0.25) is 0 Å². The number of aryl methyl sites for hydroxylation is 1. The molecule has 0 fully saturated rings. The van der Waals surface area contributed by atoms with Crippen LogP contribution >= 0.6 is 27.7 Å². The van der Waals surface area contributed by atoms with E-state index in [0.29, 0.717) is 5.56 Å². The Morgan fingerprint density at radius 3 is 2.67 bits per heavy atom. The number of nitrogens with one attached hydrogen (secondary N) is 1. The first-order valence-corrected chi connectivity index (χ1v) is 8.07. The Kier molecular flexibility index (Phi) is 5.27. The number of carbonyl (C=O) groups is 1. The van der Waals surface area contributed by atoms with E-state index in [1.165, 1.54) is 0 Å². The molecule has 2 rings (SSSR count). The molecule has 2 aromatic carbocycles. The molecule has 0 aliphatic heterocycles. The van der Waals surface area contributed by atoms with E-state index in [4.69, 9.17) is 11.6 Å². The molecule has 0 saturated heterocycles. The smallest absolute Gasteiger partial charge is 0.265 e. The molecule has 0 aromatic heterocycles. The molecule has 0 bridgehead atoms. The van der Waals surface area contributed by atoms with Gasteiger partial charge in [-0.2, -0.15) is 0 Å². The lowest BCUT2D eigenvalue weighted by molar-refractivity contribution is 0.0953. The summed E-state index contributed by atoms with van der Waals surface area (Å²) < 4.78 is 0.877. The number of rotatable bonds is 4. The predicted octanol–water partition coefficient (Wildman–Crippen LogP) is 3.24. The molecule has 110 valence electrons. The third-order valence-corrected chi connectivity index (χ3v) is 4.87. The van der Waals surface area contributed by atoms with Crippen molar-refractivity contribution in [3.8, 4) is 0 Å². The minimum atomic E-state index is -0.308. The third-order valence-electron chi connectivity index (χ3n) is 2.99. The van der Waals surface area contributed by atoms with Crippen LogP contribution in [0.25, 0.3) is 0 Å². The fraction of sp³-hybridized carbons (Fsp3) is 0.133. The topological polar surface area (TPSA) is 81.1 Å². The Balaban J connectivity index is 2.11. The number of benzene rings is 2. The van der Waals surface area contributed by atoms with Crippen molar-refractivity contribution < 1.29 is 4.79 Å². The third kappa shape index (κ3) is 4.00. The van der Waals surface area contributed by atoms with Crippen molar-refractivity contribution in [3.63, 3.8) is 0 Å². The van der Waals surface area contributed by atoms with Crippen LogP contribution in [-0.2, 0) is 5.75 Å². The number of nitrogen functional groups attached to an aromatic ring is 2. The van der Waals surface area contributed by atoms with E-state index in [9.17, 15) is 4.79 Å². The van der Waals surface area contributed by atoms with Crippen LogP contribution in [0, 0.1) is 6.92 Å². The Hall–Kier alpha value is -1.50. The van der Waals surface area contributed by atoms with Gasteiger partial charge in [-0.15, -0.1) is 11.8 Å². The number of amides is 1. The van der Waals surface area contributed by atoms with Gasteiger partial charge in [0.1, 0.15) is 0 Å². The fourth-order valence-corrected chi connectivity index (χ4v) is 3.50. The fourth-order valence-electron chi connectivity index (χ4n) is 1.84. The second kappa shape index (κ2) is 6.98. The molecular formula is C15H16BrN3OS. The minimum absolute atomic E-state index is 0.308. The molecule has 0 aliphatic rings. The number of hydrogen-bond donors (Lipinski definition) is 3. The highest BCUT2D eigenvalue weighted by atomic mass is 79.9. The highest BCUT2D eigenvalue weighted by molar-refractivity contribution is 9.10. The minimum Gasteiger partial charge on any atom is -0.398 e. The van der Waals surface area contributed by atoms with Crippen LogP contribution in [0.15, 0.2) is 45.8 Å². The maximum atomic E-state index is 11.5. The lowest BCUT2D eigenvalue weighted by Gasteiger charge is -2.09. The quantitative estimate of drug-likeness (QED) is 0.255. The molecule has 21 heavy (non-hydrogen) atoms. The number of hydrazine groups is 1. The summed E-state index contributed by atoms with van der Waals surface area (Å²) in [5, 5.41) is 0. The van der Waals surface area contributed by atoms with E-state index in [-0.39, 0.29) is 5.91 Å². The van der Waals surface area contributed by atoms with Crippen LogP contribution < -0.4 is 17.0 Å². The molecule has 0 heterocycles. The van der Waals surface area contributed by atoms with Gasteiger partial charge in [-0.3, -0.25) is 10.2 Å². The van der Waals surface area contributed by atoms with E-state index in [2.05, 4.69) is 21.4 Å². The Bertz CT molecular complexity index is 676. The van der Waals surface area contributed by atoms with Gasteiger partial charge in [-0.1, -0.05) is 28.1 Å². The molecule has 1 amide bonds. The monoisotopic (exact) mass is 365 g/mol. The van der Waals surface area contributed by atoms with Gasteiger partial charge < -0.3 is 5.73 Å². The van der Waals surface area contributed by atoms with Crippen molar-refractivity contribution in [2.75, 3.05) is 5.73 Å². The number of halogens is 1. The summed E-state index contributed by atoms with van der Waals surface area (Å²) in [5.74, 6) is 5.58. The zero-order chi connectivity index (χ0) is 15.4. The largest absolute Gasteiger partial charge is 0.398 e. The Labute approximate surface area is 136 Å². The van der Waals surface area contributed by atoms with E-state index < -0.39 is 0 Å². The number of nitrogens with two attached hydrogens (primary N) is 2. The molecule has 2 aromatic rings. The van der Waals surface area contributed by atoms with E-state index in [0.717, 1.165) is 31.9 Å². The van der Waals surface area contributed by atoms with Crippen LogP contribution in [-0.4, -0.2) is 5.91 Å². The van der Waals surface area contributed by atoms with E-state index >= 15 is 0 Å². The van der Waals surface area contributed by atoms with Crippen molar-refractivity contribution in [2.45, 2.75) is 17.6 Å². The molecule has 6 heteroatoms. The summed E-state index contributed by atoms with van der Waals surface area (Å²) in [6.07, 6.45) is 0. The van der Waals surface area contributed by atoms with E-state index in [1.54, 1.807) is 23.9 Å². The number of anilines is 1. The van der Waals surface area contributed by atoms with Crippen molar-refractivity contribution >= 4 is 39.3 Å². The van der Waals surface area contributed by atoms with Gasteiger partial charge in [-0.05, 0) is 42.3 Å². The molecule has 0 spiro atoms. The second-order valence-electron chi connectivity index (χ2n) is 4.61. The van der Waals surface area contributed by atoms with Gasteiger partial charge in [0.25, 0.3) is 5.91 Å². The highest BCUT2D eigenvalue weighted by Gasteiger charge is 2.08. The molecule has 0 radical (unpaired) electrons. The van der Waals surface area contributed by atoms with Gasteiger partial charge in [0.15, 0.2) is 0 Å². The van der Waals surface area contributed by atoms with Crippen molar-refractivity contribution in [3.05, 3.63) is 57.6 Å². The molecule has 4 nitrogen and oxygen atoms in total. The van der Waals surface area contributed by atoms with Gasteiger partial charge >= 0.3 is 0 Å². The maximum Gasteiger partial charge on any atom is 0.265 e. The number of hydrogen-bond acceptors (Lipinski definition) is 4. The van der Waals surface area contributed by atoms with Gasteiger partial charge in [0, 0.05) is 26.4 Å². The lowest BCUT2D eigenvalue weighted by Crippen LogP contribution is -2.29. The zero-order valence-electron chi connectivity index (χ0n) is 11.5. The van der Waals surface area contributed by atoms with Crippen molar-refractivity contribution in [2.24, 2.45) is 5.84 Å². The van der Waals surface area contributed by atoms with Crippen LogP contribution in [0.4, 0.5) is 5.69 Å². The highest BCUT2D eigenvalue weighted by Crippen LogP contribution is 2.31. The van der Waals surface area contributed by atoms with Crippen LogP contribution in [0.1, 0.15) is 21.5 Å². The van der Waals surface area contributed by atoms with Crippen molar-refractivity contribution in [1.29, 1.82) is 0 Å². The molecular weight excluding hydrogens is 350 g/mol. The van der Waals surface area contributed by atoms with Crippen LogP contribution in [0.5, 0.6) is 0 Å². The SMILES string of the molecule is Cc1ccc(SCc2ccc(C(=O)NN)cc2Br)c(N)c1. The maximum absolute atomic E-state index is 11.5. The predicted molar refractivity (Wildman–Crippen MR) is 90.9 cm³/mol. The Morgan fingerprint density at radius 1 is 1.29 bits per heavy atom. The molecule has 5 N–H and O–H groups in total. The molecule has 0 saturated carbocycles. The summed E-state index contributed by atoms with van der Waals surface area (Å²) in [5.41, 5.74) is 11.7. The standard InChI is InChI=1S/C15H16BrN3OS/c1-9-2-5-14(13(17)6-9)21-8-11-4-3-10(7-12(11)16)15(20)19-18/h2-7H,8,17-18H2,1H3,(H,19,20). The second-order valence-corrected chi connectivity index (χ2v) is 6.48. The summed E-state index contributed by atoms with van der Waals surface area (Å²) in [6.45, 7) is 2.02. The average Bonchev–Trinajstić information content (AvgIpc) is 2.46. The molecule has 0 atom stereocenters. The van der Waals surface area contributed by atoms with Crippen molar-refractivity contribution in [1.82, 2.24) is 5.43 Å². The first kappa shape index (κ1) is 15.9. The van der Waals surface area contributed by atoms with Gasteiger partial charge in [0.05, 0.1) is 0 Å². The van der Waals surface area contributed by atoms with Gasteiger partial charge in [-0.25, -0.2) is 5.84 Å². The lowest BCUT2D eigenvalue weighted by atomic mass is 10.1. The number of thioether (sulfide) groups is 1. The molecule has 0 aliphatic carbocycles. The number of carbonyl (C=O) groups excluding carboxylic acids is 1. The summed E-state index contributed by atoms with van der Waals surface area (Å²) in [4.78, 5) is 12.5. The van der Waals surface area contributed by atoms with Crippen LogP contribution in [0.3, 0.4) is 0 Å². The summed E-state index contributed by atoms with van der Waals surface area (Å²) >= 11 is 5.15. The first-order valence-electron chi connectivity index (χ1n) is 6.29. The Morgan fingerprint density at radius 2 is 2.05 bits per heavy atom. The summed E-state index contributed by atoms with van der Waals surface area (Å²) in [7, 11) is 0. The normalized spacial score (nSPS) is 10.4. The van der Waals surface area contributed by atoms with Gasteiger partial charge in [0.2, 0.25) is 0 Å². The molecule has 0 unspecified atom stereocenters. The van der Waals surface area contributed by atoms with E-state index in [1.807, 2.05) is 31.2 Å². The first-order chi connectivity index (χ1) is 10.0. The zero-order valence-corrected chi connectivity index (χ0v) is 13.9. The summed E-state index contributed by atoms with van der Waals surface area (Å²) in [6, 6.07) is 11.5. The average molecular weight is 366 g/mol.